The van der Waals surface area contributed by atoms with Crippen molar-refractivity contribution in [2.45, 2.75) is 24.3 Å². The van der Waals surface area contributed by atoms with Crippen molar-refractivity contribution in [1.82, 2.24) is 24.6 Å². The summed E-state index contributed by atoms with van der Waals surface area (Å²) in [6.45, 7) is 3.60. The van der Waals surface area contributed by atoms with Crippen molar-refractivity contribution in [3.63, 3.8) is 0 Å². The van der Waals surface area contributed by atoms with Crippen LogP contribution in [-0.4, -0.2) is 64.1 Å². The minimum absolute atomic E-state index is 0.0155. The van der Waals surface area contributed by atoms with Gasteiger partial charge in [-0.05, 0) is 32.0 Å². The number of carbonyl (C=O) groups is 1. The molecular formula is C15H17F2N5O3S. The van der Waals surface area contributed by atoms with Crippen LogP contribution in [0.1, 0.15) is 24.3 Å². The third kappa shape index (κ3) is 3.19. The normalized spacial score (nSPS) is 18.1. The summed E-state index contributed by atoms with van der Waals surface area (Å²) in [6.07, 6.45) is 1.29. The molecule has 2 aromatic rings. The van der Waals surface area contributed by atoms with E-state index in [4.69, 9.17) is 0 Å². The summed E-state index contributed by atoms with van der Waals surface area (Å²) >= 11 is 0. The Morgan fingerprint density at radius 3 is 2.54 bits per heavy atom. The quantitative estimate of drug-likeness (QED) is 0.850. The number of sulfonamides is 1. The molecule has 0 atom stereocenters. The minimum Gasteiger partial charge on any atom is -0.334 e. The fourth-order valence-corrected chi connectivity index (χ4v) is 4.77. The largest absolute Gasteiger partial charge is 0.334 e. The molecule has 0 bridgehead atoms. The van der Waals surface area contributed by atoms with Gasteiger partial charge in [0.15, 0.2) is 11.6 Å². The van der Waals surface area contributed by atoms with Crippen molar-refractivity contribution < 1.29 is 22.0 Å². The summed E-state index contributed by atoms with van der Waals surface area (Å²) < 4.78 is 53.5. The number of carbonyl (C=O) groups excluding carboxylic acids is 1. The van der Waals surface area contributed by atoms with E-state index in [9.17, 15) is 22.0 Å². The Hall–Kier alpha value is -2.40. The molecule has 1 aliphatic heterocycles. The van der Waals surface area contributed by atoms with E-state index in [1.165, 1.54) is 15.4 Å². The van der Waals surface area contributed by atoms with E-state index in [-0.39, 0.29) is 36.1 Å². The van der Waals surface area contributed by atoms with Gasteiger partial charge in [0.05, 0.1) is 11.1 Å². The van der Waals surface area contributed by atoms with E-state index in [0.717, 1.165) is 12.1 Å². The molecule has 1 N–H and O–H groups in total. The smallest absolute Gasteiger partial charge is 0.273 e. The van der Waals surface area contributed by atoms with E-state index >= 15 is 0 Å². The summed E-state index contributed by atoms with van der Waals surface area (Å²) in [5.41, 5.74) is -0.747. The predicted molar refractivity (Wildman–Crippen MR) is 86.6 cm³/mol. The maximum Gasteiger partial charge on any atom is 0.273 e. The molecule has 0 aliphatic carbocycles. The van der Waals surface area contributed by atoms with Crippen molar-refractivity contribution in [2.75, 3.05) is 19.6 Å². The van der Waals surface area contributed by atoms with Crippen LogP contribution in [0.2, 0.25) is 0 Å². The molecule has 1 fully saturated rings. The summed E-state index contributed by atoms with van der Waals surface area (Å²) in [7, 11) is -4.06. The van der Waals surface area contributed by atoms with Crippen molar-refractivity contribution >= 4 is 15.9 Å². The van der Waals surface area contributed by atoms with Crippen LogP contribution in [0.25, 0.3) is 0 Å². The van der Waals surface area contributed by atoms with Gasteiger partial charge in [0.1, 0.15) is 5.69 Å². The molecule has 8 nitrogen and oxygen atoms in total. The second-order valence-electron chi connectivity index (χ2n) is 6.56. The van der Waals surface area contributed by atoms with E-state index in [2.05, 4.69) is 15.4 Å². The van der Waals surface area contributed by atoms with E-state index in [1.54, 1.807) is 13.8 Å². The van der Waals surface area contributed by atoms with Crippen LogP contribution in [0.3, 0.4) is 0 Å². The number of nitrogens with zero attached hydrogens (tertiary/aromatic N) is 4. The number of H-pyrrole nitrogens is 1. The van der Waals surface area contributed by atoms with Gasteiger partial charge in [-0.25, -0.2) is 17.2 Å². The van der Waals surface area contributed by atoms with Crippen LogP contribution >= 0.6 is 0 Å². The number of benzene rings is 1. The molecule has 1 saturated heterocycles. The Labute approximate surface area is 148 Å². The standard InChI is InChI=1S/C15H17F2N5O3S/c1-15(2)9-21(14(23)13-8-18-20-19-13)5-6-22(15)26(24,25)10-3-4-11(16)12(17)7-10/h3-4,7-8H,5-6,9H2,1-2H3,(H,18,19,20). The molecule has 0 saturated carbocycles. The van der Waals surface area contributed by atoms with Crippen LogP contribution in [0, 0.1) is 11.6 Å². The molecule has 26 heavy (non-hydrogen) atoms. The highest BCUT2D eigenvalue weighted by atomic mass is 32.2. The lowest BCUT2D eigenvalue weighted by atomic mass is 10.0. The zero-order chi connectivity index (χ0) is 19.1. The number of hydrogen-bond donors (Lipinski definition) is 1. The SMILES string of the molecule is CC1(C)CN(C(=O)c2cnn[nH]2)CCN1S(=O)(=O)c1ccc(F)c(F)c1. The van der Waals surface area contributed by atoms with Gasteiger partial charge in [0.2, 0.25) is 10.0 Å². The zero-order valence-corrected chi connectivity index (χ0v) is 14.9. The van der Waals surface area contributed by atoms with Gasteiger partial charge in [0, 0.05) is 25.2 Å². The number of aromatic amines is 1. The lowest BCUT2D eigenvalue weighted by molar-refractivity contribution is 0.0489. The molecule has 3 rings (SSSR count). The van der Waals surface area contributed by atoms with Gasteiger partial charge in [-0.1, -0.05) is 5.21 Å². The molecule has 140 valence electrons. The van der Waals surface area contributed by atoms with Gasteiger partial charge in [0.25, 0.3) is 5.91 Å². The van der Waals surface area contributed by atoms with Gasteiger partial charge >= 0.3 is 0 Å². The first kappa shape index (κ1) is 18.4. The van der Waals surface area contributed by atoms with Crippen molar-refractivity contribution in [1.29, 1.82) is 0 Å². The lowest BCUT2D eigenvalue weighted by Crippen LogP contribution is -2.61. The Morgan fingerprint density at radius 1 is 1.23 bits per heavy atom. The zero-order valence-electron chi connectivity index (χ0n) is 14.1. The summed E-state index contributed by atoms with van der Waals surface area (Å²) in [5, 5.41) is 9.53. The van der Waals surface area contributed by atoms with E-state index in [0.29, 0.717) is 6.07 Å². The lowest BCUT2D eigenvalue weighted by Gasteiger charge is -2.45. The van der Waals surface area contributed by atoms with Crippen molar-refractivity contribution in [2.24, 2.45) is 0 Å². The van der Waals surface area contributed by atoms with Crippen LogP contribution < -0.4 is 0 Å². The fourth-order valence-electron chi connectivity index (χ4n) is 2.99. The number of amides is 1. The number of aromatic nitrogens is 3. The molecule has 1 amide bonds. The van der Waals surface area contributed by atoms with Crippen LogP contribution in [0.5, 0.6) is 0 Å². The first-order chi connectivity index (χ1) is 12.1. The molecule has 0 spiro atoms. The van der Waals surface area contributed by atoms with Crippen LogP contribution in [0.4, 0.5) is 8.78 Å². The number of nitrogens with one attached hydrogen (secondary N) is 1. The molecule has 1 aromatic carbocycles. The van der Waals surface area contributed by atoms with Crippen LogP contribution in [0.15, 0.2) is 29.3 Å². The van der Waals surface area contributed by atoms with Gasteiger partial charge in [-0.2, -0.15) is 4.31 Å². The van der Waals surface area contributed by atoms with Crippen LogP contribution in [-0.2, 0) is 10.0 Å². The average Bonchev–Trinajstić information content (AvgIpc) is 3.09. The maximum atomic E-state index is 13.5. The van der Waals surface area contributed by atoms with Gasteiger partial charge < -0.3 is 4.90 Å². The highest BCUT2D eigenvalue weighted by Crippen LogP contribution is 2.29. The fraction of sp³-hybridized carbons (Fsp3) is 0.400. The van der Waals surface area contributed by atoms with Crippen molar-refractivity contribution in [3.8, 4) is 0 Å². The van der Waals surface area contributed by atoms with Gasteiger partial charge in [-0.3, -0.25) is 9.89 Å². The molecule has 1 aromatic heterocycles. The number of piperazine rings is 1. The van der Waals surface area contributed by atoms with E-state index < -0.39 is 27.2 Å². The molecule has 1 aliphatic rings. The Balaban J connectivity index is 1.86. The molecule has 0 radical (unpaired) electrons. The maximum absolute atomic E-state index is 13.5. The van der Waals surface area contributed by atoms with Crippen molar-refractivity contribution in [3.05, 3.63) is 41.7 Å². The third-order valence-electron chi connectivity index (χ3n) is 4.24. The summed E-state index contributed by atoms with van der Waals surface area (Å²) in [4.78, 5) is 13.6. The number of rotatable bonds is 3. The first-order valence-electron chi connectivity index (χ1n) is 7.76. The summed E-state index contributed by atoms with van der Waals surface area (Å²) in [6, 6.07) is 2.46. The molecule has 2 heterocycles. The minimum atomic E-state index is -4.06. The molecular weight excluding hydrogens is 368 g/mol. The average molecular weight is 385 g/mol. The molecule has 11 heteroatoms. The van der Waals surface area contributed by atoms with E-state index in [1.807, 2.05) is 0 Å². The number of halogens is 2. The summed E-state index contributed by atoms with van der Waals surface area (Å²) in [5.74, 6) is -2.69. The Kier molecular flexibility index (Phi) is 4.53. The monoisotopic (exact) mass is 385 g/mol. The first-order valence-corrected chi connectivity index (χ1v) is 9.20. The highest BCUT2D eigenvalue weighted by molar-refractivity contribution is 7.89. The predicted octanol–water partition coefficient (Wildman–Crippen LogP) is 1.01. The molecule has 0 unspecified atom stereocenters. The topological polar surface area (TPSA) is 99.3 Å². The second kappa shape index (κ2) is 6.40. The number of hydrogen-bond acceptors (Lipinski definition) is 5. The Morgan fingerprint density at radius 2 is 1.96 bits per heavy atom. The highest BCUT2D eigenvalue weighted by Gasteiger charge is 2.43. The second-order valence-corrected chi connectivity index (χ2v) is 8.42. The Bertz CT molecular complexity index is 931. The third-order valence-corrected chi connectivity index (χ3v) is 6.34. The van der Waals surface area contributed by atoms with Gasteiger partial charge in [-0.15, -0.1) is 5.10 Å².